The molecule has 0 radical (unpaired) electrons. The standard InChI is InChI=1S/C17H25ClN2O3S/c1-17(2,3)23-16(21)20-8-6-13(7-9-20)11-24(22)12-14-4-5-15(18)19-10-14/h4-5,10,13H,6-9,11-12H2,1-3H3. The van der Waals surface area contributed by atoms with Crippen LogP contribution in [0.25, 0.3) is 0 Å². The third-order valence-electron chi connectivity index (χ3n) is 3.80. The summed E-state index contributed by atoms with van der Waals surface area (Å²) >= 11 is 5.75. The Labute approximate surface area is 151 Å². The summed E-state index contributed by atoms with van der Waals surface area (Å²) in [5.74, 6) is 1.53. The minimum Gasteiger partial charge on any atom is -0.444 e. The highest BCUT2D eigenvalue weighted by Gasteiger charge is 2.27. The van der Waals surface area contributed by atoms with Gasteiger partial charge in [0.2, 0.25) is 0 Å². The van der Waals surface area contributed by atoms with Crippen molar-refractivity contribution in [1.82, 2.24) is 9.88 Å². The molecular weight excluding hydrogens is 348 g/mol. The Morgan fingerprint density at radius 2 is 2.04 bits per heavy atom. The minimum absolute atomic E-state index is 0.255. The highest BCUT2D eigenvalue weighted by molar-refractivity contribution is 7.84. The van der Waals surface area contributed by atoms with E-state index >= 15 is 0 Å². The van der Waals surface area contributed by atoms with Crippen LogP contribution in [-0.4, -0.2) is 44.6 Å². The number of carbonyl (C=O) groups excluding carboxylic acids is 1. The first kappa shape index (κ1) is 19.2. The van der Waals surface area contributed by atoms with Crippen LogP contribution < -0.4 is 0 Å². The van der Waals surface area contributed by atoms with Gasteiger partial charge in [-0.15, -0.1) is 0 Å². The number of aromatic nitrogens is 1. The Hall–Kier alpha value is -1.14. The van der Waals surface area contributed by atoms with Gasteiger partial charge in [0.25, 0.3) is 0 Å². The first-order valence-corrected chi connectivity index (χ1v) is 10.0. The van der Waals surface area contributed by atoms with Crippen LogP contribution in [0.15, 0.2) is 18.3 Å². The Balaban J connectivity index is 1.75. The van der Waals surface area contributed by atoms with Crippen molar-refractivity contribution in [1.29, 1.82) is 0 Å². The van der Waals surface area contributed by atoms with Crippen molar-refractivity contribution in [2.75, 3.05) is 18.8 Å². The molecule has 0 aromatic carbocycles. The molecule has 7 heteroatoms. The smallest absolute Gasteiger partial charge is 0.410 e. The molecule has 1 saturated heterocycles. The first-order chi connectivity index (χ1) is 11.2. The first-order valence-electron chi connectivity index (χ1n) is 8.16. The summed E-state index contributed by atoms with van der Waals surface area (Å²) in [6.07, 6.45) is 3.15. The number of hydrogen-bond acceptors (Lipinski definition) is 4. The van der Waals surface area contributed by atoms with Gasteiger partial charge in [0.05, 0.1) is 5.75 Å². The molecule has 2 heterocycles. The monoisotopic (exact) mass is 372 g/mol. The normalized spacial score (nSPS) is 17.6. The van der Waals surface area contributed by atoms with E-state index in [1.165, 1.54) is 0 Å². The van der Waals surface area contributed by atoms with Crippen LogP contribution >= 0.6 is 11.6 Å². The second-order valence-electron chi connectivity index (χ2n) is 7.15. The molecule has 1 aliphatic rings. The van der Waals surface area contributed by atoms with Crippen LogP contribution in [0.5, 0.6) is 0 Å². The zero-order valence-corrected chi connectivity index (χ0v) is 16.0. The number of halogens is 1. The SMILES string of the molecule is CC(C)(C)OC(=O)N1CCC(CS(=O)Cc2ccc(Cl)nc2)CC1. The summed E-state index contributed by atoms with van der Waals surface area (Å²) in [6, 6.07) is 3.58. The summed E-state index contributed by atoms with van der Waals surface area (Å²) in [6.45, 7) is 6.93. The molecule has 2 rings (SSSR count). The largest absolute Gasteiger partial charge is 0.444 e. The number of carbonyl (C=O) groups is 1. The molecule has 1 atom stereocenters. The number of piperidine rings is 1. The molecular formula is C17H25ClN2O3S. The van der Waals surface area contributed by atoms with E-state index in [0.29, 0.717) is 35.7 Å². The number of likely N-dealkylation sites (tertiary alicyclic amines) is 1. The predicted octanol–water partition coefficient (Wildman–Crippen LogP) is 3.63. The van der Waals surface area contributed by atoms with Gasteiger partial charge < -0.3 is 9.64 Å². The van der Waals surface area contributed by atoms with E-state index in [-0.39, 0.29) is 6.09 Å². The predicted molar refractivity (Wildman–Crippen MR) is 96.5 cm³/mol. The highest BCUT2D eigenvalue weighted by atomic mass is 35.5. The average molecular weight is 373 g/mol. The molecule has 1 amide bonds. The lowest BCUT2D eigenvalue weighted by Crippen LogP contribution is -2.42. The van der Waals surface area contributed by atoms with Gasteiger partial charge in [-0.25, -0.2) is 9.78 Å². The molecule has 1 aromatic rings. The highest BCUT2D eigenvalue weighted by Crippen LogP contribution is 2.21. The third-order valence-corrected chi connectivity index (χ3v) is 5.53. The van der Waals surface area contributed by atoms with Crippen molar-refractivity contribution in [3.05, 3.63) is 29.0 Å². The molecule has 5 nitrogen and oxygen atoms in total. The number of ether oxygens (including phenoxy) is 1. The molecule has 1 fully saturated rings. The zero-order valence-electron chi connectivity index (χ0n) is 14.5. The van der Waals surface area contributed by atoms with E-state index in [2.05, 4.69) is 4.98 Å². The number of amides is 1. The minimum atomic E-state index is -0.931. The Kier molecular flexibility index (Phi) is 6.63. The van der Waals surface area contributed by atoms with E-state index < -0.39 is 16.4 Å². The second kappa shape index (κ2) is 8.30. The fourth-order valence-corrected chi connectivity index (χ4v) is 4.24. The van der Waals surface area contributed by atoms with Gasteiger partial charge in [-0.1, -0.05) is 17.7 Å². The summed E-state index contributed by atoms with van der Waals surface area (Å²) in [5.41, 5.74) is 0.464. The molecule has 0 saturated carbocycles. The second-order valence-corrected chi connectivity index (χ2v) is 9.04. The number of nitrogens with zero attached hydrogens (tertiary/aromatic N) is 2. The fraction of sp³-hybridized carbons (Fsp3) is 0.647. The van der Waals surface area contributed by atoms with Gasteiger partial charge in [0, 0.05) is 35.8 Å². The number of hydrogen-bond donors (Lipinski definition) is 0. The Morgan fingerprint density at radius 3 is 2.58 bits per heavy atom. The van der Waals surface area contributed by atoms with Gasteiger partial charge in [-0.05, 0) is 51.2 Å². The van der Waals surface area contributed by atoms with Crippen molar-refractivity contribution in [2.45, 2.75) is 45.0 Å². The van der Waals surface area contributed by atoms with Crippen LogP contribution in [0.1, 0.15) is 39.2 Å². The van der Waals surface area contributed by atoms with E-state index in [9.17, 15) is 9.00 Å². The van der Waals surface area contributed by atoms with E-state index in [1.54, 1.807) is 17.2 Å². The molecule has 0 aliphatic carbocycles. The maximum atomic E-state index is 12.3. The summed E-state index contributed by atoms with van der Waals surface area (Å²) in [7, 11) is -0.931. The summed E-state index contributed by atoms with van der Waals surface area (Å²) < 4.78 is 17.7. The van der Waals surface area contributed by atoms with Crippen LogP contribution in [-0.2, 0) is 21.3 Å². The topological polar surface area (TPSA) is 59.5 Å². The molecule has 24 heavy (non-hydrogen) atoms. The summed E-state index contributed by atoms with van der Waals surface area (Å²) in [4.78, 5) is 17.8. The van der Waals surface area contributed by atoms with E-state index in [1.807, 2.05) is 26.8 Å². The maximum Gasteiger partial charge on any atom is 0.410 e. The van der Waals surface area contributed by atoms with Crippen LogP contribution in [0.2, 0.25) is 5.15 Å². The van der Waals surface area contributed by atoms with Crippen LogP contribution in [0.3, 0.4) is 0 Å². The lowest BCUT2D eigenvalue weighted by molar-refractivity contribution is 0.0191. The van der Waals surface area contributed by atoms with Gasteiger partial charge in [0.1, 0.15) is 10.8 Å². The van der Waals surface area contributed by atoms with Gasteiger partial charge in [-0.2, -0.15) is 0 Å². The lowest BCUT2D eigenvalue weighted by atomic mass is 9.99. The molecule has 1 unspecified atom stereocenters. The zero-order chi connectivity index (χ0) is 17.7. The quantitative estimate of drug-likeness (QED) is 0.757. The lowest BCUT2D eigenvalue weighted by Gasteiger charge is -2.33. The molecule has 1 aliphatic heterocycles. The van der Waals surface area contributed by atoms with Crippen molar-refractivity contribution >= 4 is 28.5 Å². The number of rotatable bonds is 4. The van der Waals surface area contributed by atoms with Gasteiger partial charge in [0.15, 0.2) is 0 Å². The molecule has 0 N–H and O–H groups in total. The summed E-state index contributed by atoms with van der Waals surface area (Å²) in [5, 5.41) is 0.444. The van der Waals surface area contributed by atoms with Crippen molar-refractivity contribution in [2.24, 2.45) is 5.92 Å². The average Bonchev–Trinajstić information content (AvgIpc) is 2.48. The van der Waals surface area contributed by atoms with Crippen molar-refractivity contribution in [3.8, 4) is 0 Å². The molecule has 1 aromatic heterocycles. The third kappa shape index (κ3) is 6.40. The Bertz CT molecular complexity index is 578. The fourth-order valence-electron chi connectivity index (χ4n) is 2.61. The van der Waals surface area contributed by atoms with E-state index in [4.69, 9.17) is 16.3 Å². The van der Waals surface area contributed by atoms with Gasteiger partial charge in [-0.3, -0.25) is 4.21 Å². The maximum absolute atomic E-state index is 12.3. The van der Waals surface area contributed by atoms with Crippen molar-refractivity contribution in [3.63, 3.8) is 0 Å². The van der Waals surface area contributed by atoms with Gasteiger partial charge >= 0.3 is 6.09 Å². The number of pyridine rings is 1. The van der Waals surface area contributed by atoms with Crippen molar-refractivity contribution < 1.29 is 13.7 Å². The Morgan fingerprint density at radius 1 is 1.38 bits per heavy atom. The van der Waals surface area contributed by atoms with Crippen LogP contribution in [0.4, 0.5) is 4.79 Å². The molecule has 0 bridgehead atoms. The molecule has 134 valence electrons. The van der Waals surface area contributed by atoms with E-state index in [0.717, 1.165) is 18.4 Å². The van der Waals surface area contributed by atoms with Crippen LogP contribution in [0, 0.1) is 5.92 Å². The molecule has 0 spiro atoms.